The molecule has 1 aliphatic heterocycles. The molecule has 3 rings (SSSR count). The van der Waals surface area contributed by atoms with Gasteiger partial charge in [-0.15, -0.1) is 5.48 Å². The average Bonchev–Trinajstić information content (AvgIpc) is 2.89. The molecule has 1 N–H and O–H groups in total. The van der Waals surface area contributed by atoms with E-state index in [0.29, 0.717) is 22.7 Å². The van der Waals surface area contributed by atoms with E-state index in [0.717, 1.165) is 10.5 Å². The second-order valence-electron chi connectivity index (χ2n) is 6.82. The van der Waals surface area contributed by atoms with Gasteiger partial charge in [-0.25, -0.2) is 4.79 Å². The van der Waals surface area contributed by atoms with Crippen LogP contribution in [0.3, 0.4) is 0 Å². The Labute approximate surface area is 179 Å². The Morgan fingerprint density at radius 3 is 2.77 bits per heavy atom. The van der Waals surface area contributed by atoms with Crippen LogP contribution in [0.1, 0.15) is 12.5 Å². The summed E-state index contributed by atoms with van der Waals surface area (Å²) in [7, 11) is 1.42. The molecule has 0 saturated heterocycles. The van der Waals surface area contributed by atoms with Crippen LogP contribution in [0.2, 0.25) is 5.02 Å². The number of amides is 2. The minimum Gasteiger partial charge on any atom is -0.489 e. The van der Waals surface area contributed by atoms with E-state index < -0.39 is 18.2 Å². The number of likely N-dealkylation sites (N-methyl/N-ethyl adjacent to an activating group) is 1. The maximum absolute atomic E-state index is 13.3. The highest BCUT2D eigenvalue weighted by Crippen LogP contribution is 2.33. The molecule has 0 unspecified atom stereocenters. The number of benzene rings is 2. The highest BCUT2D eigenvalue weighted by atomic mass is 35.5. The van der Waals surface area contributed by atoms with Gasteiger partial charge in [0.25, 0.3) is 5.91 Å². The number of nitrogens with zero attached hydrogens (tertiary/aromatic N) is 2. The third-order valence-corrected chi connectivity index (χ3v) is 5.17. The van der Waals surface area contributed by atoms with E-state index in [9.17, 15) is 14.4 Å². The molecular weight excluding hydrogens is 410 g/mol. The van der Waals surface area contributed by atoms with Gasteiger partial charge in [0.2, 0.25) is 0 Å². The second kappa shape index (κ2) is 9.60. The standard InChI is InChI=1S/C21H22ClN3O5/c1-14(12-26)24(2)21(28)30-23-17-13-29-19-10-6-5-9-18(19)25(20(17)27)11-15-7-3-4-8-16(15)22/h3-10,12,14,17,23H,11,13H2,1-2H3/t14-,17-/m0/s1. The summed E-state index contributed by atoms with van der Waals surface area (Å²) >= 11 is 6.29. The largest absolute Gasteiger partial charge is 0.489 e. The number of halogens is 1. The maximum atomic E-state index is 13.3. The fourth-order valence-electron chi connectivity index (χ4n) is 2.85. The number of anilines is 1. The Morgan fingerprint density at radius 1 is 1.33 bits per heavy atom. The Kier molecular flexibility index (Phi) is 6.91. The molecule has 2 atom stereocenters. The summed E-state index contributed by atoms with van der Waals surface area (Å²) in [5, 5.41) is 0.536. The first kappa shape index (κ1) is 21.6. The molecule has 0 radical (unpaired) electrons. The van der Waals surface area contributed by atoms with Crippen LogP contribution in [0.15, 0.2) is 48.5 Å². The Balaban J connectivity index is 1.81. The molecule has 1 heterocycles. The summed E-state index contributed by atoms with van der Waals surface area (Å²) in [6.07, 6.45) is -0.176. The summed E-state index contributed by atoms with van der Waals surface area (Å²) in [6, 6.07) is 12.8. The lowest BCUT2D eigenvalue weighted by molar-refractivity contribution is -0.124. The molecule has 0 bridgehead atoms. The zero-order valence-corrected chi connectivity index (χ0v) is 17.3. The molecule has 1 aliphatic rings. The zero-order chi connectivity index (χ0) is 21.7. The quantitative estimate of drug-likeness (QED) is 0.559. The lowest BCUT2D eigenvalue weighted by Crippen LogP contribution is -2.50. The number of hydrogen-bond acceptors (Lipinski definition) is 6. The van der Waals surface area contributed by atoms with Crippen molar-refractivity contribution in [3.05, 3.63) is 59.1 Å². The highest BCUT2D eigenvalue weighted by molar-refractivity contribution is 6.31. The molecule has 30 heavy (non-hydrogen) atoms. The van der Waals surface area contributed by atoms with Gasteiger partial charge in [0.15, 0.2) is 6.04 Å². The van der Waals surface area contributed by atoms with E-state index in [4.69, 9.17) is 21.2 Å². The second-order valence-corrected chi connectivity index (χ2v) is 7.23. The van der Waals surface area contributed by atoms with Crippen LogP contribution in [-0.2, 0) is 21.0 Å². The molecular formula is C21H22ClN3O5. The molecule has 0 fully saturated rings. The van der Waals surface area contributed by atoms with E-state index in [1.807, 2.05) is 18.2 Å². The fourth-order valence-corrected chi connectivity index (χ4v) is 3.04. The summed E-state index contributed by atoms with van der Waals surface area (Å²) < 4.78 is 5.77. The third-order valence-electron chi connectivity index (χ3n) is 4.80. The van der Waals surface area contributed by atoms with Crippen LogP contribution >= 0.6 is 11.6 Å². The average molecular weight is 432 g/mol. The van der Waals surface area contributed by atoms with Crippen molar-refractivity contribution in [2.75, 3.05) is 18.6 Å². The number of rotatable bonds is 6. The number of carbonyl (C=O) groups excluding carboxylic acids is 3. The van der Waals surface area contributed by atoms with Crippen molar-refractivity contribution in [1.82, 2.24) is 10.4 Å². The summed E-state index contributed by atoms with van der Waals surface area (Å²) in [4.78, 5) is 43.9. The van der Waals surface area contributed by atoms with E-state index in [2.05, 4.69) is 5.48 Å². The van der Waals surface area contributed by atoms with Crippen molar-refractivity contribution < 1.29 is 24.0 Å². The monoisotopic (exact) mass is 431 g/mol. The van der Waals surface area contributed by atoms with Gasteiger partial charge in [-0.3, -0.25) is 4.79 Å². The van der Waals surface area contributed by atoms with Gasteiger partial charge in [0.1, 0.15) is 18.6 Å². The van der Waals surface area contributed by atoms with Crippen molar-refractivity contribution in [2.24, 2.45) is 0 Å². The van der Waals surface area contributed by atoms with E-state index >= 15 is 0 Å². The molecule has 0 aliphatic carbocycles. The predicted molar refractivity (Wildman–Crippen MR) is 111 cm³/mol. The smallest absolute Gasteiger partial charge is 0.429 e. The lowest BCUT2D eigenvalue weighted by Gasteiger charge is -2.26. The van der Waals surface area contributed by atoms with Gasteiger partial charge in [0, 0.05) is 12.1 Å². The van der Waals surface area contributed by atoms with Gasteiger partial charge in [-0.1, -0.05) is 41.9 Å². The first-order chi connectivity index (χ1) is 14.4. The molecule has 8 nitrogen and oxygen atoms in total. The molecule has 2 aromatic rings. The van der Waals surface area contributed by atoms with E-state index in [1.54, 1.807) is 37.3 Å². The SMILES string of the molecule is C[C@@H](C=O)N(C)C(=O)ON[C@H]1COc2ccccc2N(Cc2ccccc2Cl)C1=O. The number of hydrogen-bond donors (Lipinski definition) is 1. The molecule has 0 saturated carbocycles. The minimum atomic E-state index is -0.955. The predicted octanol–water partition coefficient (Wildman–Crippen LogP) is 2.79. The third kappa shape index (κ3) is 4.72. The van der Waals surface area contributed by atoms with Gasteiger partial charge < -0.3 is 24.2 Å². The van der Waals surface area contributed by atoms with E-state index in [1.165, 1.54) is 11.9 Å². The minimum absolute atomic E-state index is 0.0465. The molecule has 0 spiro atoms. The normalized spacial score (nSPS) is 16.7. The molecule has 2 amide bonds. The topological polar surface area (TPSA) is 88.2 Å². The first-order valence-corrected chi connectivity index (χ1v) is 9.71. The van der Waals surface area contributed by atoms with Crippen molar-refractivity contribution in [2.45, 2.75) is 25.6 Å². The lowest BCUT2D eigenvalue weighted by atomic mass is 10.1. The Hall–Kier alpha value is -3.10. The van der Waals surface area contributed by atoms with Gasteiger partial charge >= 0.3 is 6.09 Å². The van der Waals surface area contributed by atoms with Crippen molar-refractivity contribution in [3.63, 3.8) is 0 Å². The van der Waals surface area contributed by atoms with Crippen LogP contribution in [0, 0.1) is 0 Å². The van der Waals surface area contributed by atoms with Crippen LogP contribution < -0.4 is 15.1 Å². The fraction of sp³-hybridized carbons (Fsp3) is 0.286. The highest BCUT2D eigenvalue weighted by Gasteiger charge is 2.33. The number of carbonyl (C=O) groups is 3. The summed E-state index contributed by atoms with van der Waals surface area (Å²) in [6.45, 7) is 1.72. The van der Waals surface area contributed by atoms with Crippen LogP contribution in [-0.4, -0.2) is 48.9 Å². The number of para-hydroxylation sites is 2. The molecule has 9 heteroatoms. The summed E-state index contributed by atoms with van der Waals surface area (Å²) in [5.41, 5.74) is 3.83. The summed E-state index contributed by atoms with van der Waals surface area (Å²) in [5.74, 6) is 0.180. The Bertz CT molecular complexity index is 938. The number of aldehydes is 1. The molecule has 158 valence electrons. The van der Waals surface area contributed by atoms with Crippen molar-refractivity contribution >= 4 is 35.6 Å². The number of fused-ring (bicyclic) bond motifs is 1. The molecule has 2 aromatic carbocycles. The van der Waals surface area contributed by atoms with Gasteiger partial charge in [0.05, 0.1) is 18.3 Å². The van der Waals surface area contributed by atoms with Crippen molar-refractivity contribution in [3.8, 4) is 5.75 Å². The Morgan fingerprint density at radius 2 is 2.03 bits per heavy atom. The number of hydroxylamine groups is 1. The van der Waals surface area contributed by atoms with Crippen LogP contribution in [0.4, 0.5) is 10.5 Å². The van der Waals surface area contributed by atoms with Crippen molar-refractivity contribution in [1.29, 1.82) is 0 Å². The van der Waals surface area contributed by atoms with Crippen LogP contribution in [0.5, 0.6) is 5.75 Å². The molecule has 0 aromatic heterocycles. The van der Waals surface area contributed by atoms with Gasteiger partial charge in [-0.05, 0) is 30.7 Å². The van der Waals surface area contributed by atoms with Crippen LogP contribution in [0.25, 0.3) is 0 Å². The number of nitrogens with one attached hydrogen (secondary N) is 1. The van der Waals surface area contributed by atoms with Gasteiger partial charge in [-0.2, -0.15) is 0 Å². The maximum Gasteiger partial charge on any atom is 0.429 e. The zero-order valence-electron chi connectivity index (χ0n) is 16.6. The first-order valence-electron chi connectivity index (χ1n) is 9.33. The van der Waals surface area contributed by atoms with E-state index in [-0.39, 0.29) is 19.1 Å². The number of ether oxygens (including phenoxy) is 1.